The summed E-state index contributed by atoms with van der Waals surface area (Å²) in [5.74, 6) is 0. The van der Waals surface area contributed by atoms with Crippen molar-refractivity contribution >= 4 is 11.4 Å². The summed E-state index contributed by atoms with van der Waals surface area (Å²) in [4.78, 5) is 10.1. The highest BCUT2D eigenvalue weighted by Crippen LogP contribution is 2.22. The van der Waals surface area contributed by atoms with E-state index in [4.69, 9.17) is 0 Å². The number of non-ortho nitro benzene ring substituents is 1. The van der Waals surface area contributed by atoms with Crippen LogP contribution in [0.3, 0.4) is 0 Å². The number of nitrogens with zero attached hydrogens (tertiary/aromatic N) is 1. The maximum Gasteiger partial charge on any atom is 0.271 e. The van der Waals surface area contributed by atoms with Gasteiger partial charge in [-0.15, -0.1) is 0 Å². The Morgan fingerprint density at radius 1 is 1.54 bits per heavy atom. The van der Waals surface area contributed by atoms with Crippen LogP contribution in [0.25, 0.3) is 0 Å². The van der Waals surface area contributed by atoms with Crippen molar-refractivity contribution < 1.29 is 4.92 Å². The van der Waals surface area contributed by atoms with Gasteiger partial charge >= 0.3 is 0 Å². The Bertz CT molecular complexity index is 323. The minimum absolute atomic E-state index is 0.126. The van der Waals surface area contributed by atoms with Crippen LogP contribution >= 0.6 is 0 Å². The first-order valence-corrected chi connectivity index (χ1v) is 4.14. The molecule has 0 amide bonds. The Hall–Kier alpha value is -1.58. The molecule has 0 saturated heterocycles. The topological polar surface area (TPSA) is 55.2 Å². The fraction of sp³-hybridized carbons (Fsp3) is 0.333. The van der Waals surface area contributed by atoms with Gasteiger partial charge in [0, 0.05) is 24.9 Å². The molecule has 1 aromatic rings. The zero-order valence-electron chi connectivity index (χ0n) is 7.70. The number of hydrogen-bond acceptors (Lipinski definition) is 3. The molecular weight excluding hydrogens is 168 g/mol. The second-order valence-corrected chi connectivity index (χ2v) is 2.70. The largest absolute Gasteiger partial charge is 0.388 e. The first kappa shape index (κ1) is 9.51. The van der Waals surface area contributed by atoms with E-state index < -0.39 is 0 Å². The SMILES string of the molecule is CCc1ccc([N+](=O)[O-])cc1NC. The van der Waals surface area contributed by atoms with Gasteiger partial charge in [0.1, 0.15) is 0 Å². The molecule has 70 valence electrons. The van der Waals surface area contributed by atoms with E-state index in [9.17, 15) is 10.1 Å². The standard InChI is InChI=1S/C9H12N2O2/c1-3-7-4-5-8(11(12)13)6-9(7)10-2/h4-6,10H,3H2,1-2H3. The molecule has 0 aliphatic carbocycles. The van der Waals surface area contributed by atoms with Gasteiger partial charge in [0.2, 0.25) is 0 Å². The van der Waals surface area contributed by atoms with Gasteiger partial charge in [0.15, 0.2) is 0 Å². The molecule has 13 heavy (non-hydrogen) atoms. The van der Waals surface area contributed by atoms with Crippen LogP contribution in [0.1, 0.15) is 12.5 Å². The number of rotatable bonds is 3. The van der Waals surface area contributed by atoms with E-state index in [1.807, 2.05) is 6.92 Å². The van der Waals surface area contributed by atoms with Crippen LogP contribution in [-0.4, -0.2) is 12.0 Å². The molecular formula is C9H12N2O2. The summed E-state index contributed by atoms with van der Waals surface area (Å²) in [6.45, 7) is 2.02. The van der Waals surface area contributed by atoms with Gasteiger partial charge in [-0.3, -0.25) is 10.1 Å². The van der Waals surface area contributed by atoms with Crippen LogP contribution in [0.2, 0.25) is 0 Å². The Morgan fingerprint density at radius 2 is 2.23 bits per heavy atom. The minimum atomic E-state index is -0.389. The molecule has 0 spiro atoms. The number of nitro benzene ring substituents is 1. The summed E-state index contributed by atoms with van der Waals surface area (Å²) >= 11 is 0. The molecule has 0 unspecified atom stereocenters. The zero-order chi connectivity index (χ0) is 9.84. The van der Waals surface area contributed by atoms with E-state index in [-0.39, 0.29) is 10.6 Å². The lowest BCUT2D eigenvalue weighted by atomic mass is 10.1. The fourth-order valence-corrected chi connectivity index (χ4v) is 1.22. The Labute approximate surface area is 76.7 Å². The summed E-state index contributed by atoms with van der Waals surface area (Å²) in [6.07, 6.45) is 0.869. The van der Waals surface area contributed by atoms with Gasteiger partial charge in [-0.1, -0.05) is 13.0 Å². The lowest BCUT2D eigenvalue weighted by Crippen LogP contribution is -1.96. The third-order valence-electron chi connectivity index (χ3n) is 1.95. The van der Waals surface area contributed by atoms with Crippen molar-refractivity contribution in [3.63, 3.8) is 0 Å². The summed E-state index contributed by atoms with van der Waals surface area (Å²) in [7, 11) is 1.76. The Kier molecular flexibility index (Phi) is 2.84. The van der Waals surface area contributed by atoms with E-state index >= 15 is 0 Å². The van der Waals surface area contributed by atoms with Gasteiger partial charge in [0.05, 0.1) is 4.92 Å². The van der Waals surface area contributed by atoms with E-state index in [2.05, 4.69) is 5.32 Å². The lowest BCUT2D eigenvalue weighted by Gasteiger charge is -2.05. The Morgan fingerprint density at radius 3 is 2.69 bits per heavy atom. The van der Waals surface area contributed by atoms with Gasteiger partial charge in [-0.2, -0.15) is 0 Å². The Balaban J connectivity index is 3.13. The number of aryl methyl sites for hydroxylation is 1. The third kappa shape index (κ3) is 1.96. The molecule has 1 aromatic carbocycles. The summed E-state index contributed by atoms with van der Waals surface area (Å²) < 4.78 is 0. The van der Waals surface area contributed by atoms with Crippen molar-refractivity contribution in [3.8, 4) is 0 Å². The molecule has 0 aromatic heterocycles. The number of hydrogen-bond donors (Lipinski definition) is 1. The van der Waals surface area contributed by atoms with Gasteiger partial charge in [-0.25, -0.2) is 0 Å². The summed E-state index contributed by atoms with van der Waals surface area (Å²) in [5.41, 5.74) is 2.05. The minimum Gasteiger partial charge on any atom is -0.388 e. The first-order valence-electron chi connectivity index (χ1n) is 4.14. The highest BCUT2D eigenvalue weighted by Gasteiger charge is 2.07. The molecule has 4 heteroatoms. The predicted octanol–water partition coefficient (Wildman–Crippen LogP) is 2.20. The van der Waals surface area contributed by atoms with Crippen molar-refractivity contribution in [2.75, 3.05) is 12.4 Å². The maximum atomic E-state index is 10.4. The molecule has 0 radical (unpaired) electrons. The monoisotopic (exact) mass is 180 g/mol. The fourth-order valence-electron chi connectivity index (χ4n) is 1.22. The summed E-state index contributed by atoms with van der Waals surface area (Å²) in [6, 6.07) is 4.86. The quantitative estimate of drug-likeness (QED) is 0.573. The smallest absolute Gasteiger partial charge is 0.271 e. The number of nitrogens with one attached hydrogen (secondary N) is 1. The zero-order valence-corrected chi connectivity index (χ0v) is 7.70. The first-order chi connectivity index (χ1) is 6.19. The average Bonchev–Trinajstić information content (AvgIpc) is 2.16. The number of nitro groups is 1. The number of benzene rings is 1. The second-order valence-electron chi connectivity index (χ2n) is 2.70. The lowest BCUT2D eigenvalue weighted by molar-refractivity contribution is -0.384. The highest BCUT2D eigenvalue weighted by atomic mass is 16.6. The van der Waals surface area contributed by atoms with Crippen LogP contribution in [0.5, 0.6) is 0 Å². The molecule has 0 saturated carbocycles. The van der Waals surface area contributed by atoms with E-state index in [0.29, 0.717) is 0 Å². The van der Waals surface area contributed by atoms with Gasteiger partial charge in [0.25, 0.3) is 5.69 Å². The van der Waals surface area contributed by atoms with Crippen molar-refractivity contribution in [1.82, 2.24) is 0 Å². The molecule has 0 aliphatic heterocycles. The van der Waals surface area contributed by atoms with Crippen LogP contribution in [0, 0.1) is 10.1 Å². The van der Waals surface area contributed by atoms with Gasteiger partial charge in [-0.05, 0) is 12.0 Å². The molecule has 1 N–H and O–H groups in total. The van der Waals surface area contributed by atoms with Crippen LogP contribution < -0.4 is 5.32 Å². The highest BCUT2D eigenvalue weighted by molar-refractivity contribution is 5.56. The molecule has 0 heterocycles. The molecule has 4 nitrogen and oxygen atoms in total. The molecule has 1 rings (SSSR count). The van der Waals surface area contributed by atoms with Crippen molar-refractivity contribution in [3.05, 3.63) is 33.9 Å². The van der Waals surface area contributed by atoms with Crippen molar-refractivity contribution in [2.45, 2.75) is 13.3 Å². The molecule has 0 aliphatic rings. The van der Waals surface area contributed by atoms with E-state index in [1.54, 1.807) is 19.2 Å². The van der Waals surface area contributed by atoms with Crippen LogP contribution in [0.15, 0.2) is 18.2 Å². The van der Waals surface area contributed by atoms with Crippen molar-refractivity contribution in [1.29, 1.82) is 0 Å². The van der Waals surface area contributed by atoms with Gasteiger partial charge < -0.3 is 5.32 Å². The normalized spacial score (nSPS) is 9.69. The van der Waals surface area contributed by atoms with Crippen LogP contribution in [0.4, 0.5) is 11.4 Å². The molecule has 0 atom stereocenters. The van der Waals surface area contributed by atoms with Crippen LogP contribution in [-0.2, 0) is 6.42 Å². The predicted molar refractivity (Wildman–Crippen MR) is 52.0 cm³/mol. The average molecular weight is 180 g/mol. The number of anilines is 1. The van der Waals surface area contributed by atoms with E-state index in [0.717, 1.165) is 17.7 Å². The van der Waals surface area contributed by atoms with Crippen molar-refractivity contribution in [2.24, 2.45) is 0 Å². The van der Waals surface area contributed by atoms with E-state index in [1.165, 1.54) is 6.07 Å². The molecule has 0 bridgehead atoms. The maximum absolute atomic E-state index is 10.4. The summed E-state index contributed by atoms with van der Waals surface area (Å²) in [5, 5.41) is 13.4. The molecule has 0 fully saturated rings. The third-order valence-corrected chi connectivity index (χ3v) is 1.95. The second kappa shape index (κ2) is 3.89.